The van der Waals surface area contributed by atoms with Crippen LogP contribution in [-0.2, 0) is 4.74 Å². The van der Waals surface area contributed by atoms with E-state index in [-0.39, 0.29) is 17.6 Å². The van der Waals surface area contributed by atoms with Gasteiger partial charge in [-0.25, -0.2) is 0 Å². The SMILES string of the molecule is C=CC1CCC(C2CCC(COc3ccc(OC)c(F)c3F)CC2)CO1. The Bertz CT molecular complexity index is 604. The molecule has 0 bridgehead atoms. The maximum absolute atomic E-state index is 14.0. The summed E-state index contributed by atoms with van der Waals surface area (Å²) in [5, 5.41) is 0. The number of halogens is 2. The lowest BCUT2D eigenvalue weighted by Gasteiger charge is -2.37. The molecule has 1 saturated carbocycles. The number of hydrogen-bond acceptors (Lipinski definition) is 3. The summed E-state index contributed by atoms with van der Waals surface area (Å²) in [6, 6.07) is 2.82. The molecule has 1 aliphatic heterocycles. The number of rotatable bonds is 6. The van der Waals surface area contributed by atoms with Gasteiger partial charge in [-0.05, 0) is 68.4 Å². The first-order chi connectivity index (χ1) is 12.6. The van der Waals surface area contributed by atoms with Crippen molar-refractivity contribution >= 4 is 0 Å². The first-order valence-corrected chi connectivity index (χ1v) is 9.51. The third kappa shape index (κ3) is 4.37. The molecule has 1 heterocycles. The van der Waals surface area contributed by atoms with E-state index in [0.29, 0.717) is 24.4 Å². The van der Waals surface area contributed by atoms with Crippen molar-refractivity contribution in [1.82, 2.24) is 0 Å². The first-order valence-electron chi connectivity index (χ1n) is 9.51. The molecule has 5 heteroatoms. The predicted octanol–water partition coefficient (Wildman–Crippen LogP) is 5.14. The molecule has 2 aliphatic rings. The highest BCUT2D eigenvalue weighted by molar-refractivity contribution is 5.34. The second-order valence-corrected chi connectivity index (χ2v) is 7.43. The van der Waals surface area contributed by atoms with E-state index in [1.807, 2.05) is 6.08 Å². The Morgan fingerprint density at radius 2 is 1.69 bits per heavy atom. The summed E-state index contributed by atoms with van der Waals surface area (Å²) in [6.45, 7) is 5.06. The van der Waals surface area contributed by atoms with Gasteiger partial charge in [-0.1, -0.05) is 6.08 Å². The van der Waals surface area contributed by atoms with Crippen LogP contribution in [0.2, 0.25) is 0 Å². The molecule has 3 rings (SSSR count). The first kappa shape index (κ1) is 19.2. The van der Waals surface area contributed by atoms with Crippen molar-refractivity contribution < 1.29 is 23.0 Å². The molecule has 3 nitrogen and oxygen atoms in total. The van der Waals surface area contributed by atoms with Crippen molar-refractivity contribution in [1.29, 1.82) is 0 Å². The average molecular weight is 366 g/mol. The van der Waals surface area contributed by atoms with Gasteiger partial charge in [0.15, 0.2) is 11.5 Å². The summed E-state index contributed by atoms with van der Waals surface area (Å²) < 4.78 is 43.9. The molecular formula is C21H28F2O3. The second kappa shape index (κ2) is 8.85. The average Bonchev–Trinajstić information content (AvgIpc) is 2.70. The number of ether oxygens (including phenoxy) is 3. The zero-order valence-electron chi connectivity index (χ0n) is 15.4. The van der Waals surface area contributed by atoms with Crippen molar-refractivity contribution in [3.05, 3.63) is 36.4 Å². The molecule has 0 radical (unpaired) electrons. The van der Waals surface area contributed by atoms with Crippen LogP contribution in [0.5, 0.6) is 11.5 Å². The van der Waals surface area contributed by atoms with Crippen LogP contribution in [0.3, 0.4) is 0 Å². The van der Waals surface area contributed by atoms with Gasteiger partial charge >= 0.3 is 0 Å². The van der Waals surface area contributed by atoms with Crippen molar-refractivity contribution in [2.45, 2.75) is 44.6 Å². The van der Waals surface area contributed by atoms with Crippen LogP contribution in [0, 0.1) is 29.4 Å². The second-order valence-electron chi connectivity index (χ2n) is 7.43. The van der Waals surface area contributed by atoms with Crippen LogP contribution in [0.15, 0.2) is 24.8 Å². The Labute approximate surface area is 154 Å². The van der Waals surface area contributed by atoms with Crippen LogP contribution in [0.25, 0.3) is 0 Å². The minimum absolute atomic E-state index is 0.0402. The maximum atomic E-state index is 14.0. The fraction of sp³-hybridized carbons (Fsp3) is 0.619. The molecule has 1 aliphatic carbocycles. The van der Waals surface area contributed by atoms with Crippen LogP contribution in [0.4, 0.5) is 8.78 Å². The molecule has 1 aromatic rings. The van der Waals surface area contributed by atoms with Crippen molar-refractivity contribution in [2.75, 3.05) is 20.3 Å². The van der Waals surface area contributed by atoms with Crippen LogP contribution in [0.1, 0.15) is 38.5 Å². The molecule has 2 unspecified atom stereocenters. The standard InChI is InChI=1S/C21H28F2O3/c1-3-17-9-8-16(13-25-17)15-6-4-14(5-7-15)12-26-19-11-10-18(24-2)20(22)21(19)23/h3,10-11,14-17H,1,4-9,12-13H2,2H3. The van der Waals surface area contributed by atoms with Gasteiger partial charge < -0.3 is 14.2 Å². The third-order valence-corrected chi connectivity index (χ3v) is 5.87. The fourth-order valence-corrected chi connectivity index (χ4v) is 4.17. The monoisotopic (exact) mass is 366 g/mol. The smallest absolute Gasteiger partial charge is 0.204 e. The predicted molar refractivity (Wildman–Crippen MR) is 96.5 cm³/mol. The molecule has 2 atom stereocenters. The summed E-state index contributed by atoms with van der Waals surface area (Å²) >= 11 is 0. The number of benzene rings is 1. The number of methoxy groups -OCH3 is 1. The zero-order chi connectivity index (χ0) is 18.5. The quantitative estimate of drug-likeness (QED) is 0.653. The van der Waals surface area contributed by atoms with Crippen LogP contribution < -0.4 is 9.47 Å². The highest BCUT2D eigenvalue weighted by Crippen LogP contribution is 2.38. The minimum Gasteiger partial charge on any atom is -0.494 e. The Morgan fingerprint density at radius 1 is 1.04 bits per heavy atom. The lowest BCUT2D eigenvalue weighted by atomic mass is 9.74. The number of hydrogen-bond donors (Lipinski definition) is 0. The van der Waals surface area contributed by atoms with E-state index in [2.05, 4.69) is 6.58 Å². The summed E-state index contributed by atoms with van der Waals surface area (Å²) in [4.78, 5) is 0. The summed E-state index contributed by atoms with van der Waals surface area (Å²) in [5.74, 6) is -0.391. The van der Waals surface area contributed by atoms with Crippen LogP contribution in [-0.4, -0.2) is 26.4 Å². The molecule has 0 spiro atoms. The van der Waals surface area contributed by atoms with Gasteiger partial charge in [0, 0.05) is 0 Å². The lowest BCUT2D eigenvalue weighted by Crippen LogP contribution is -2.32. The van der Waals surface area contributed by atoms with Gasteiger partial charge in [0.25, 0.3) is 0 Å². The van der Waals surface area contributed by atoms with Gasteiger partial charge in [0.2, 0.25) is 11.6 Å². The van der Waals surface area contributed by atoms with Crippen molar-refractivity contribution in [3.63, 3.8) is 0 Å². The molecule has 0 amide bonds. The van der Waals surface area contributed by atoms with E-state index < -0.39 is 11.6 Å². The highest BCUT2D eigenvalue weighted by atomic mass is 19.2. The Balaban J connectivity index is 1.45. The van der Waals surface area contributed by atoms with E-state index in [0.717, 1.165) is 38.7 Å². The third-order valence-electron chi connectivity index (χ3n) is 5.87. The molecule has 144 valence electrons. The molecule has 2 fully saturated rings. The Hall–Kier alpha value is -1.62. The largest absolute Gasteiger partial charge is 0.494 e. The van der Waals surface area contributed by atoms with E-state index in [1.165, 1.54) is 25.7 Å². The summed E-state index contributed by atoms with van der Waals surface area (Å²) in [7, 11) is 1.31. The van der Waals surface area contributed by atoms with Gasteiger partial charge in [0.1, 0.15) is 0 Å². The summed E-state index contributed by atoms with van der Waals surface area (Å²) in [6.07, 6.45) is 8.82. The van der Waals surface area contributed by atoms with Gasteiger partial charge in [-0.3, -0.25) is 0 Å². The van der Waals surface area contributed by atoms with E-state index in [9.17, 15) is 8.78 Å². The Morgan fingerprint density at radius 3 is 2.31 bits per heavy atom. The van der Waals surface area contributed by atoms with E-state index >= 15 is 0 Å². The molecule has 0 aromatic heterocycles. The molecule has 1 aromatic carbocycles. The fourth-order valence-electron chi connectivity index (χ4n) is 4.17. The summed E-state index contributed by atoms with van der Waals surface area (Å²) in [5.41, 5.74) is 0. The van der Waals surface area contributed by atoms with Crippen LogP contribution >= 0.6 is 0 Å². The minimum atomic E-state index is -0.996. The topological polar surface area (TPSA) is 27.7 Å². The van der Waals surface area contributed by atoms with Crippen molar-refractivity contribution in [2.24, 2.45) is 17.8 Å². The highest BCUT2D eigenvalue weighted by Gasteiger charge is 2.31. The maximum Gasteiger partial charge on any atom is 0.204 e. The van der Waals surface area contributed by atoms with E-state index in [1.54, 1.807) is 0 Å². The Kier molecular flexibility index (Phi) is 6.52. The normalized spacial score (nSPS) is 29.2. The van der Waals surface area contributed by atoms with E-state index in [4.69, 9.17) is 14.2 Å². The molecule has 1 saturated heterocycles. The lowest BCUT2D eigenvalue weighted by molar-refractivity contribution is -0.0176. The van der Waals surface area contributed by atoms with Gasteiger partial charge in [-0.2, -0.15) is 8.78 Å². The molecule has 0 N–H and O–H groups in total. The van der Waals surface area contributed by atoms with Gasteiger partial charge in [0.05, 0.1) is 26.4 Å². The molecule has 26 heavy (non-hydrogen) atoms. The van der Waals surface area contributed by atoms with Crippen molar-refractivity contribution in [3.8, 4) is 11.5 Å². The molecular weight excluding hydrogens is 338 g/mol. The van der Waals surface area contributed by atoms with Gasteiger partial charge in [-0.15, -0.1) is 6.58 Å². The zero-order valence-corrected chi connectivity index (χ0v) is 15.4.